The van der Waals surface area contributed by atoms with E-state index in [0.29, 0.717) is 17.5 Å². The monoisotopic (exact) mass is 457 g/mol. The number of carbonyl (C=O) groups excluding carboxylic acids is 1. The molecule has 1 atom stereocenters. The molecule has 2 aromatic carbocycles. The van der Waals surface area contributed by atoms with E-state index in [0.717, 1.165) is 39.5 Å². The quantitative estimate of drug-likeness (QED) is 0.477. The lowest BCUT2D eigenvalue weighted by atomic mass is 9.99. The Morgan fingerprint density at radius 2 is 1.73 bits per heavy atom. The third-order valence-electron chi connectivity index (χ3n) is 5.45. The maximum Gasteiger partial charge on any atom is 0.252 e. The van der Waals surface area contributed by atoms with Crippen LogP contribution in [0, 0.1) is 13.8 Å². The molecule has 0 bridgehead atoms. The van der Waals surface area contributed by atoms with Crippen LogP contribution in [-0.4, -0.2) is 38.5 Å². The zero-order valence-corrected chi connectivity index (χ0v) is 19.4. The summed E-state index contributed by atoms with van der Waals surface area (Å²) in [7, 11) is 1.66. The van der Waals surface area contributed by atoms with E-state index in [1.54, 1.807) is 23.6 Å². The van der Waals surface area contributed by atoms with Crippen LogP contribution >= 0.6 is 11.8 Å². The number of ether oxygens (including phenoxy) is 1. The third kappa shape index (κ3) is 3.98. The number of methoxy groups -OCH3 is 1. The number of benzene rings is 2. The smallest absolute Gasteiger partial charge is 0.252 e. The summed E-state index contributed by atoms with van der Waals surface area (Å²) in [5.41, 5.74) is 5.29. The number of amides is 1. The van der Waals surface area contributed by atoms with Gasteiger partial charge >= 0.3 is 0 Å². The predicted molar refractivity (Wildman–Crippen MR) is 130 cm³/mol. The van der Waals surface area contributed by atoms with Crippen LogP contribution in [0.2, 0.25) is 0 Å². The zero-order valence-electron chi connectivity index (χ0n) is 18.6. The highest BCUT2D eigenvalue weighted by molar-refractivity contribution is 8.00. The number of aryl methyl sites for hydroxylation is 2. The summed E-state index contributed by atoms with van der Waals surface area (Å²) in [5.74, 6) is 1.99. The Hall–Kier alpha value is -3.65. The van der Waals surface area contributed by atoms with E-state index >= 15 is 0 Å². The van der Waals surface area contributed by atoms with Gasteiger partial charge in [-0.2, -0.15) is 9.78 Å². The standard InChI is InChI=1S/C25H23N5O2S/c1-15-13-16(2)27-25(26-15)30-24-21(22(29-30)17-9-5-4-6-10-17)23(33-14-20(31)28-24)18-11-7-8-12-19(18)32-3/h4-13,23H,14H2,1-3H3,(H,28,31)/t23-/m1/s1. The first-order valence-corrected chi connectivity index (χ1v) is 11.7. The Kier molecular flexibility index (Phi) is 5.60. The number of aromatic nitrogens is 4. The zero-order chi connectivity index (χ0) is 22.9. The minimum absolute atomic E-state index is 0.0937. The van der Waals surface area contributed by atoms with E-state index < -0.39 is 0 Å². The highest BCUT2D eigenvalue weighted by Gasteiger charge is 2.34. The molecule has 7 nitrogen and oxygen atoms in total. The molecule has 1 aliphatic heterocycles. The number of rotatable bonds is 4. The molecule has 0 fully saturated rings. The van der Waals surface area contributed by atoms with E-state index in [2.05, 4.69) is 15.3 Å². The molecule has 0 unspecified atom stereocenters. The van der Waals surface area contributed by atoms with Crippen molar-refractivity contribution in [2.75, 3.05) is 18.2 Å². The van der Waals surface area contributed by atoms with E-state index in [-0.39, 0.29) is 11.2 Å². The predicted octanol–water partition coefficient (Wildman–Crippen LogP) is 4.73. The fourth-order valence-electron chi connectivity index (χ4n) is 4.09. The molecule has 166 valence electrons. The van der Waals surface area contributed by atoms with Gasteiger partial charge in [0.15, 0.2) is 0 Å². The van der Waals surface area contributed by atoms with Gasteiger partial charge in [-0.3, -0.25) is 4.79 Å². The van der Waals surface area contributed by atoms with Crippen LogP contribution in [0.1, 0.15) is 27.8 Å². The molecule has 0 aliphatic carbocycles. The maximum absolute atomic E-state index is 12.8. The van der Waals surface area contributed by atoms with Crippen molar-refractivity contribution in [2.45, 2.75) is 19.1 Å². The second kappa shape index (κ2) is 8.71. The molecular formula is C25H23N5O2S. The van der Waals surface area contributed by atoms with Gasteiger partial charge in [0.05, 0.1) is 23.8 Å². The van der Waals surface area contributed by atoms with Gasteiger partial charge in [-0.15, -0.1) is 11.8 Å². The molecule has 0 radical (unpaired) electrons. The molecule has 33 heavy (non-hydrogen) atoms. The molecule has 1 N–H and O–H groups in total. The summed E-state index contributed by atoms with van der Waals surface area (Å²) >= 11 is 1.55. The number of nitrogens with one attached hydrogen (secondary N) is 1. The van der Waals surface area contributed by atoms with Gasteiger partial charge in [0.25, 0.3) is 5.95 Å². The Morgan fingerprint density at radius 1 is 1.03 bits per heavy atom. The van der Waals surface area contributed by atoms with E-state index in [4.69, 9.17) is 9.84 Å². The van der Waals surface area contributed by atoms with E-state index in [1.807, 2.05) is 74.5 Å². The van der Waals surface area contributed by atoms with Crippen molar-refractivity contribution in [1.29, 1.82) is 0 Å². The lowest BCUT2D eigenvalue weighted by Crippen LogP contribution is -2.17. The average Bonchev–Trinajstić information content (AvgIpc) is 3.09. The second-order valence-electron chi connectivity index (χ2n) is 7.82. The lowest BCUT2D eigenvalue weighted by Gasteiger charge is -2.18. The topological polar surface area (TPSA) is 81.9 Å². The molecule has 8 heteroatoms. The van der Waals surface area contributed by atoms with E-state index in [9.17, 15) is 4.79 Å². The highest BCUT2D eigenvalue weighted by Crippen LogP contribution is 2.48. The first-order valence-electron chi connectivity index (χ1n) is 10.6. The van der Waals surface area contributed by atoms with Crippen molar-refractivity contribution in [3.8, 4) is 23.0 Å². The molecule has 0 saturated heterocycles. The van der Waals surface area contributed by atoms with Gasteiger partial charge in [-0.05, 0) is 26.0 Å². The van der Waals surface area contributed by atoms with Crippen molar-refractivity contribution in [3.63, 3.8) is 0 Å². The Bertz CT molecular complexity index is 1320. The summed E-state index contributed by atoms with van der Waals surface area (Å²) in [5, 5.41) is 7.84. The van der Waals surface area contributed by atoms with E-state index in [1.165, 1.54) is 0 Å². The first kappa shape index (κ1) is 21.2. The van der Waals surface area contributed by atoms with Gasteiger partial charge in [0.1, 0.15) is 11.6 Å². The average molecular weight is 458 g/mol. The summed E-state index contributed by atoms with van der Waals surface area (Å²) in [4.78, 5) is 22.0. The maximum atomic E-state index is 12.8. The molecule has 0 spiro atoms. The highest BCUT2D eigenvalue weighted by atomic mass is 32.2. The minimum Gasteiger partial charge on any atom is -0.496 e. The van der Waals surface area contributed by atoms with Crippen LogP contribution < -0.4 is 10.1 Å². The minimum atomic E-state index is -0.176. The van der Waals surface area contributed by atoms with Crippen LogP contribution in [0.5, 0.6) is 5.75 Å². The van der Waals surface area contributed by atoms with Crippen LogP contribution in [0.4, 0.5) is 5.82 Å². The fraction of sp³-hybridized carbons (Fsp3) is 0.200. The number of thioether (sulfide) groups is 1. The Balaban J connectivity index is 1.82. The number of hydrogen-bond acceptors (Lipinski definition) is 6. The first-order chi connectivity index (χ1) is 16.0. The SMILES string of the molecule is COc1ccccc1[C@H]1SCC(=O)Nc2c1c(-c1ccccc1)nn2-c1nc(C)cc(C)n1. The van der Waals surface area contributed by atoms with Crippen LogP contribution in [0.3, 0.4) is 0 Å². The van der Waals surface area contributed by atoms with Crippen molar-refractivity contribution >= 4 is 23.5 Å². The van der Waals surface area contributed by atoms with Gasteiger partial charge < -0.3 is 10.1 Å². The van der Waals surface area contributed by atoms with Gasteiger partial charge in [0.2, 0.25) is 5.91 Å². The number of para-hydroxylation sites is 1. The summed E-state index contributed by atoms with van der Waals surface area (Å²) in [6, 6.07) is 19.8. The summed E-state index contributed by atoms with van der Waals surface area (Å²) in [6.45, 7) is 3.84. The summed E-state index contributed by atoms with van der Waals surface area (Å²) < 4.78 is 7.34. The van der Waals surface area contributed by atoms with Crippen LogP contribution in [0.15, 0.2) is 60.7 Å². The normalized spacial score (nSPS) is 15.5. The van der Waals surface area contributed by atoms with Crippen molar-refractivity contribution in [3.05, 3.63) is 83.2 Å². The van der Waals surface area contributed by atoms with Crippen LogP contribution in [-0.2, 0) is 4.79 Å². The molecule has 1 amide bonds. The van der Waals surface area contributed by atoms with Gasteiger partial charge in [-0.25, -0.2) is 9.97 Å². The molecule has 5 rings (SSSR count). The number of nitrogens with zero attached hydrogens (tertiary/aromatic N) is 4. The van der Waals surface area contributed by atoms with Gasteiger partial charge in [0, 0.05) is 28.1 Å². The van der Waals surface area contributed by atoms with Crippen molar-refractivity contribution in [1.82, 2.24) is 19.7 Å². The second-order valence-corrected chi connectivity index (χ2v) is 8.91. The third-order valence-corrected chi connectivity index (χ3v) is 6.70. The number of hydrogen-bond donors (Lipinski definition) is 1. The molecule has 3 heterocycles. The lowest BCUT2D eigenvalue weighted by molar-refractivity contribution is -0.113. The number of carbonyl (C=O) groups is 1. The number of anilines is 1. The van der Waals surface area contributed by atoms with Crippen LogP contribution in [0.25, 0.3) is 17.2 Å². The number of fused-ring (bicyclic) bond motifs is 1. The Morgan fingerprint density at radius 3 is 2.45 bits per heavy atom. The molecule has 0 saturated carbocycles. The molecular weight excluding hydrogens is 434 g/mol. The largest absolute Gasteiger partial charge is 0.496 e. The Labute approximate surface area is 196 Å². The molecule has 4 aromatic rings. The van der Waals surface area contributed by atoms with Crippen molar-refractivity contribution < 1.29 is 9.53 Å². The fourth-order valence-corrected chi connectivity index (χ4v) is 5.25. The van der Waals surface area contributed by atoms with Gasteiger partial charge in [-0.1, -0.05) is 48.5 Å². The van der Waals surface area contributed by atoms with Crippen molar-refractivity contribution in [2.24, 2.45) is 0 Å². The molecule has 1 aliphatic rings. The summed E-state index contributed by atoms with van der Waals surface area (Å²) in [6.07, 6.45) is 0. The molecule has 2 aromatic heterocycles.